The summed E-state index contributed by atoms with van der Waals surface area (Å²) >= 11 is 12.8. The Morgan fingerprint density at radius 2 is 1.83 bits per heavy atom. The lowest BCUT2D eigenvalue weighted by molar-refractivity contribution is -0.137. The van der Waals surface area contributed by atoms with Gasteiger partial charge in [0.25, 0.3) is 0 Å². The molecule has 6 nitrogen and oxygen atoms in total. The molecule has 1 heterocycles. The highest BCUT2D eigenvalue weighted by molar-refractivity contribution is 7.15. The fourth-order valence-electron chi connectivity index (χ4n) is 2.22. The minimum atomic E-state index is -4.49. The molecule has 0 unspecified atom stereocenters. The summed E-state index contributed by atoms with van der Waals surface area (Å²) in [5.41, 5.74) is -0.517. The van der Waals surface area contributed by atoms with Crippen LogP contribution in [0.3, 0.4) is 0 Å². The maximum atomic E-state index is 12.7. The van der Waals surface area contributed by atoms with Crippen LogP contribution in [0.5, 0.6) is 5.75 Å². The smallest absolute Gasteiger partial charge is 0.416 e. The Morgan fingerprint density at radius 3 is 2.50 bits per heavy atom. The van der Waals surface area contributed by atoms with Crippen LogP contribution in [0.1, 0.15) is 16.1 Å². The molecule has 3 aromatic rings. The molecule has 3 rings (SSSR count). The summed E-state index contributed by atoms with van der Waals surface area (Å²) in [7, 11) is 0. The van der Waals surface area contributed by atoms with Gasteiger partial charge in [0.05, 0.1) is 5.56 Å². The molecule has 12 heteroatoms. The largest absolute Gasteiger partial charge is 0.486 e. The number of nitrogens with zero attached hydrogens (tertiary/aromatic N) is 2. The van der Waals surface area contributed by atoms with E-state index in [-0.39, 0.29) is 23.3 Å². The van der Waals surface area contributed by atoms with Gasteiger partial charge in [-0.15, -0.1) is 10.2 Å². The summed E-state index contributed by atoms with van der Waals surface area (Å²) in [6, 6.07) is 9.13. The van der Waals surface area contributed by atoms with Gasteiger partial charge in [0.1, 0.15) is 12.4 Å². The van der Waals surface area contributed by atoms with Crippen LogP contribution in [-0.4, -0.2) is 16.2 Å². The molecule has 0 bridgehead atoms. The minimum Gasteiger partial charge on any atom is -0.486 e. The van der Waals surface area contributed by atoms with Crippen molar-refractivity contribution in [2.45, 2.75) is 19.3 Å². The van der Waals surface area contributed by atoms with Crippen LogP contribution in [0.25, 0.3) is 0 Å². The molecule has 30 heavy (non-hydrogen) atoms. The molecule has 0 radical (unpaired) electrons. The maximum absolute atomic E-state index is 12.7. The molecule has 0 spiro atoms. The first-order valence-corrected chi connectivity index (χ1v) is 9.89. The number of rotatable bonds is 6. The molecule has 0 saturated carbocycles. The fraction of sp³-hybridized carbons (Fsp3) is 0.167. The first-order chi connectivity index (χ1) is 14.2. The lowest BCUT2D eigenvalue weighted by Crippen LogP contribution is -2.28. The minimum absolute atomic E-state index is 0.0614. The van der Waals surface area contributed by atoms with Crippen molar-refractivity contribution in [1.82, 2.24) is 15.5 Å². The van der Waals surface area contributed by atoms with Gasteiger partial charge in [0.15, 0.2) is 5.01 Å². The Bertz CT molecular complexity index is 1030. The molecule has 0 atom stereocenters. The Balaban J connectivity index is 1.49. The number of amides is 2. The van der Waals surface area contributed by atoms with E-state index in [4.69, 9.17) is 27.9 Å². The van der Waals surface area contributed by atoms with Crippen molar-refractivity contribution in [2.24, 2.45) is 0 Å². The number of aromatic nitrogens is 2. The normalized spacial score (nSPS) is 11.2. The van der Waals surface area contributed by atoms with E-state index in [1.54, 1.807) is 24.3 Å². The summed E-state index contributed by atoms with van der Waals surface area (Å²) in [4.78, 5) is 12.0. The molecule has 2 amide bonds. The quantitative estimate of drug-likeness (QED) is 0.473. The second kappa shape index (κ2) is 9.50. The number of urea groups is 1. The van der Waals surface area contributed by atoms with E-state index in [0.717, 1.165) is 23.5 Å². The van der Waals surface area contributed by atoms with Gasteiger partial charge in [-0.3, -0.25) is 5.32 Å². The van der Waals surface area contributed by atoms with Crippen LogP contribution in [0.4, 0.5) is 23.1 Å². The molecule has 0 aliphatic carbocycles. The molecule has 0 fully saturated rings. The van der Waals surface area contributed by atoms with E-state index in [1.165, 1.54) is 6.07 Å². The van der Waals surface area contributed by atoms with Crippen molar-refractivity contribution in [3.05, 3.63) is 68.6 Å². The number of ether oxygens (including phenoxy) is 1. The van der Waals surface area contributed by atoms with Crippen molar-refractivity contribution >= 4 is 45.7 Å². The van der Waals surface area contributed by atoms with Gasteiger partial charge in [-0.05, 0) is 42.0 Å². The monoisotopic (exact) mass is 476 g/mol. The van der Waals surface area contributed by atoms with Gasteiger partial charge in [0, 0.05) is 16.6 Å². The van der Waals surface area contributed by atoms with Crippen molar-refractivity contribution in [1.29, 1.82) is 0 Å². The van der Waals surface area contributed by atoms with Gasteiger partial charge in [-0.1, -0.05) is 40.6 Å². The molecule has 2 aromatic carbocycles. The zero-order valence-electron chi connectivity index (χ0n) is 15.0. The van der Waals surface area contributed by atoms with E-state index in [9.17, 15) is 18.0 Å². The van der Waals surface area contributed by atoms with Gasteiger partial charge >= 0.3 is 12.2 Å². The summed E-state index contributed by atoms with van der Waals surface area (Å²) in [5.74, 6) is 0.607. The van der Waals surface area contributed by atoms with Crippen molar-refractivity contribution in [2.75, 3.05) is 5.32 Å². The highest BCUT2D eigenvalue weighted by atomic mass is 35.5. The zero-order chi connectivity index (χ0) is 21.7. The Hall–Kier alpha value is -2.56. The maximum Gasteiger partial charge on any atom is 0.416 e. The second-order valence-electron chi connectivity index (χ2n) is 5.86. The SMILES string of the molecule is O=C(NCc1ccc(C(F)(F)F)cc1Cl)Nc1nnc(COc2ccc(Cl)cc2)s1. The van der Waals surface area contributed by atoms with Crippen LogP contribution in [0.2, 0.25) is 10.0 Å². The number of halogens is 5. The summed E-state index contributed by atoms with van der Waals surface area (Å²) in [6.45, 7) is 0.0951. The third-order valence-electron chi connectivity index (χ3n) is 3.68. The standard InChI is InChI=1S/C18H13Cl2F3N4O2S/c19-12-3-5-13(6-4-12)29-9-15-26-27-17(30-15)25-16(28)24-8-10-1-2-11(7-14(10)20)18(21,22)23/h1-7H,8-9H2,(H2,24,25,27,28). The highest BCUT2D eigenvalue weighted by Crippen LogP contribution is 2.32. The summed E-state index contributed by atoms with van der Waals surface area (Å²) in [5, 5.41) is 14.0. The number of hydrogen-bond donors (Lipinski definition) is 2. The van der Waals surface area contributed by atoms with Crippen molar-refractivity contribution in [3.63, 3.8) is 0 Å². The molecule has 158 valence electrons. The van der Waals surface area contributed by atoms with Gasteiger partial charge in [-0.25, -0.2) is 4.79 Å². The molecule has 0 aliphatic heterocycles. The van der Waals surface area contributed by atoms with Gasteiger partial charge in [0.2, 0.25) is 5.13 Å². The Labute approximate surface area is 183 Å². The predicted octanol–water partition coefficient (Wildman–Crippen LogP) is 5.76. The predicted molar refractivity (Wildman–Crippen MR) is 108 cm³/mol. The summed E-state index contributed by atoms with van der Waals surface area (Å²) < 4.78 is 43.5. The average molecular weight is 477 g/mol. The number of carbonyl (C=O) groups excluding carboxylic acids is 1. The van der Waals surface area contributed by atoms with Crippen LogP contribution in [-0.2, 0) is 19.3 Å². The highest BCUT2D eigenvalue weighted by Gasteiger charge is 2.30. The molecular formula is C18H13Cl2F3N4O2S. The molecular weight excluding hydrogens is 464 g/mol. The van der Waals surface area contributed by atoms with Crippen LogP contribution in [0.15, 0.2) is 42.5 Å². The molecule has 0 aliphatic rings. The summed E-state index contributed by atoms with van der Waals surface area (Å²) in [6.07, 6.45) is -4.49. The topological polar surface area (TPSA) is 76.1 Å². The number of benzene rings is 2. The number of carbonyl (C=O) groups is 1. The van der Waals surface area contributed by atoms with E-state index >= 15 is 0 Å². The number of hydrogen-bond acceptors (Lipinski definition) is 5. The third kappa shape index (κ3) is 6.22. The lowest BCUT2D eigenvalue weighted by Gasteiger charge is -2.10. The van der Waals surface area contributed by atoms with E-state index in [0.29, 0.717) is 21.3 Å². The number of anilines is 1. The van der Waals surface area contributed by atoms with E-state index in [1.807, 2.05) is 0 Å². The van der Waals surface area contributed by atoms with Crippen LogP contribution < -0.4 is 15.4 Å². The molecule has 2 N–H and O–H groups in total. The van der Waals surface area contributed by atoms with Crippen LogP contribution in [0, 0.1) is 0 Å². The number of alkyl halides is 3. The zero-order valence-corrected chi connectivity index (χ0v) is 17.3. The van der Waals surface area contributed by atoms with Crippen LogP contribution >= 0.6 is 34.5 Å². The lowest BCUT2D eigenvalue weighted by atomic mass is 10.1. The molecule has 1 aromatic heterocycles. The van der Waals surface area contributed by atoms with Gasteiger partial charge in [-0.2, -0.15) is 13.2 Å². The molecule has 0 saturated heterocycles. The Kier molecular flexibility index (Phi) is 7.01. The third-order valence-corrected chi connectivity index (χ3v) is 5.10. The number of nitrogens with one attached hydrogen (secondary N) is 2. The first-order valence-electron chi connectivity index (χ1n) is 8.32. The van der Waals surface area contributed by atoms with Crippen molar-refractivity contribution in [3.8, 4) is 5.75 Å². The second-order valence-corrected chi connectivity index (χ2v) is 7.76. The van der Waals surface area contributed by atoms with E-state index < -0.39 is 17.8 Å². The fourth-order valence-corrected chi connectivity index (χ4v) is 3.24. The first kappa shape index (κ1) is 22.1. The Morgan fingerprint density at radius 1 is 1.10 bits per heavy atom. The van der Waals surface area contributed by atoms with E-state index in [2.05, 4.69) is 20.8 Å². The average Bonchev–Trinajstić information content (AvgIpc) is 3.13. The van der Waals surface area contributed by atoms with Crippen molar-refractivity contribution < 1.29 is 22.7 Å². The van der Waals surface area contributed by atoms with Gasteiger partial charge < -0.3 is 10.1 Å².